The van der Waals surface area contributed by atoms with Gasteiger partial charge in [-0.15, -0.1) is 0 Å². The Kier molecular flexibility index (Phi) is 5.52. The van der Waals surface area contributed by atoms with Gasteiger partial charge in [-0.1, -0.05) is 19.8 Å². The summed E-state index contributed by atoms with van der Waals surface area (Å²) in [6.07, 6.45) is 4.68. The van der Waals surface area contributed by atoms with E-state index >= 15 is 0 Å². The summed E-state index contributed by atoms with van der Waals surface area (Å²) in [6.45, 7) is 2.12. The molecule has 0 aliphatic rings. The molecule has 0 aromatic heterocycles. The van der Waals surface area contributed by atoms with E-state index in [1.165, 1.54) is 0 Å². The highest BCUT2D eigenvalue weighted by atomic mass is 16.1. The van der Waals surface area contributed by atoms with Crippen molar-refractivity contribution >= 4 is 6.29 Å². The van der Waals surface area contributed by atoms with Crippen molar-refractivity contribution in [3.8, 4) is 0 Å². The number of carbonyl (C=O) groups excluding carboxylic acids is 1. The Bertz CT molecular complexity index is 73.3. The Balaban J connectivity index is 3.04. The van der Waals surface area contributed by atoms with E-state index in [0.717, 1.165) is 25.5 Å². The SMILES string of the molecule is CCCCC(N)CC=O. The Morgan fingerprint density at radius 3 is 2.78 bits per heavy atom. The van der Waals surface area contributed by atoms with E-state index in [1.807, 2.05) is 0 Å². The number of rotatable bonds is 5. The van der Waals surface area contributed by atoms with Gasteiger partial charge < -0.3 is 10.5 Å². The van der Waals surface area contributed by atoms with Gasteiger partial charge in [-0.2, -0.15) is 0 Å². The molecule has 0 rings (SSSR count). The van der Waals surface area contributed by atoms with E-state index < -0.39 is 0 Å². The molecule has 0 amide bonds. The van der Waals surface area contributed by atoms with Crippen molar-refractivity contribution in [1.29, 1.82) is 0 Å². The number of unbranched alkanes of at least 4 members (excludes halogenated alkanes) is 1. The van der Waals surface area contributed by atoms with Crippen LogP contribution >= 0.6 is 0 Å². The molecule has 0 spiro atoms. The van der Waals surface area contributed by atoms with Crippen LogP contribution in [-0.2, 0) is 4.79 Å². The Hall–Kier alpha value is -0.370. The van der Waals surface area contributed by atoms with E-state index in [4.69, 9.17) is 5.73 Å². The van der Waals surface area contributed by atoms with Crippen LogP contribution in [0.5, 0.6) is 0 Å². The number of aldehydes is 1. The lowest BCUT2D eigenvalue weighted by atomic mass is 10.1. The molecule has 0 aromatic rings. The van der Waals surface area contributed by atoms with Gasteiger partial charge in [0.25, 0.3) is 0 Å². The number of carbonyl (C=O) groups is 1. The summed E-state index contributed by atoms with van der Waals surface area (Å²) >= 11 is 0. The molecule has 2 nitrogen and oxygen atoms in total. The fraction of sp³-hybridized carbons (Fsp3) is 0.857. The minimum atomic E-state index is 0.0995. The average molecular weight is 129 g/mol. The minimum absolute atomic E-state index is 0.0995. The van der Waals surface area contributed by atoms with E-state index in [2.05, 4.69) is 6.92 Å². The van der Waals surface area contributed by atoms with E-state index in [9.17, 15) is 4.79 Å². The lowest BCUT2D eigenvalue weighted by molar-refractivity contribution is -0.108. The van der Waals surface area contributed by atoms with Crippen molar-refractivity contribution in [2.75, 3.05) is 0 Å². The molecule has 0 aliphatic heterocycles. The van der Waals surface area contributed by atoms with Gasteiger partial charge in [0.1, 0.15) is 6.29 Å². The highest BCUT2D eigenvalue weighted by molar-refractivity contribution is 5.50. The molecule has 0 aromatic carbocycles. The summed E-state index contributed by atoms with van der Waals surface area (Å²) in [6, 6.07) is 0.0995. The normalized spacial score (nSPS) is 13.1. The summed E-state index contributed by atoms with van der Waals surface area (Å²) in [7, 11) is 0. The van der Waals surface area contributed by atoms with Crippen molar-refractivity contribution in [3.05, 3.63) is 0 Å². The van der Waals surface area contributed by atoms with Crippen molar-refractivity contribution in [3.63, 3.8) is 0 Å². The first kappa shape index (κ1) is 8.63. The van der Waals surface area contributed by atoms with Crippen molar-refractivity contribution in [1.82, 2.24) is 0 Å². The van der Waals surface area contributed by atoms with Gasteiger partial charge in [-0.25, -0.2) is 0 Å². The van der Waals surface area contributed by atoms with E-state index in [-0.39, 0.29) is 6.04 Å². The summed E-state index contributed by atoms with van der Waals surface area (Å²) in [5.41, 5.74) is 5.54. The maximum atomic E-state index is 9.90. The van der Waals surface area contributed by atoms with Gasteiger partial charge in [-0.05, 0) is 6.42 Å². The maximum Gasteiger partial charge on any atom is 0.121 e. The predicted molar refractivity (Wildman–Crippen MR) is 38.2 cm³/mol. The van der Waals surface area contributed by atoms with Crippen LogP contribution in [0.3, 0.4) is 0 Å². The van der Waals surface area contributed by atoms with E-state index in [1.54, 1.807) is 0 Å². The molecule has 0 radical (unpaired) electrons. The molecule has 0 fully saturated rings. The second kappa shape index (κ2) is 5.76. The summed E-state index contributed by atoms with van der Waals surface area (Å²) in [5.74, 6) is 0. The zero-order valence-electron chi connectivity index (χ0n) is 5.97. The van der Waals surface area contributed by atoms with Gasteiger partial charge >= 0.3 is 0 Å². The van der Waals surface area contributed by atoms with E-state index in [0.29, 0.717) is 6.42 Å². The number of hydrogen-bond acceptors (Lipinski definition) is 2. The fourth-order valence-corrected chi connectivity index (χ4v) is 0.708. The molecule has 9 heavy (non-hydrogen) atoms. The maximum absolute atomic E-state index is 9.90. The third-order valence-electron chi connectivity index (χ3n) is 1.33. The van der Waals surface area contributed by atoms with Gasteiger partial charge in [0.15, 0.2) is 0 Å². The number of hydrogen-bond donors (Lipinski definition) is 1. The van der Waals surface area contributed by atoms with Crippen LogP contribution in [0.15, 0.2) is 0 Å². The van der Waals surface area contributed by atoms with Gasteiger partial charge in [-0.3, -0.25) is 0 Å². The van der Waals surface area contributed by atoms with Crippen LogP contribution in [0.4, 0.5) is 0 Å². The quantitative estimate of drug-likeness (QED) is 0.565. The Morgan fingerprint density at radius 2 is 2.33 bits per heavy atom. The van der Waals surface area contributed by atoms with Crippen LogP contribution in [0.25, 0.3) is 0 Å². The van der Waals surface area contributed by atoms with Crippen molar-refractivity contribution < 1.29 is 4.79 Å². The molecule has 0 bridgehead atoms. The average Bonchev–Trinajstić information content (AvgIpc) is 1.85. The summed E-state index contributed by atoms with van der Waals surface area (Å²) in [4.78, 5) is 9.90. The lowest BCUT2D eigenvalue weighted by Gasteiger charge is -2.04. The summed E-state index contributed by atoms with van der Waals surface area (Å²) < 4.78 is 0. The molecule has 0 heterocycles. The van der Waals surface area contributed by atoms with Gasteiger partial charge in [0, 0.05) is 12.5 Å². The zero-order chi connectivity index (χ0) is 7.11. The first-order valence-corrected chi connectivity index (χ1v) is 3.50. The third kappa shape index (κ3) is 5.50. The zero-order valence-corrected chi connectivity index (χ0v) is 5.97. The second-order valence-electron chi connectivity index (χ2n) is 2.30. The smallest absolute Gasteiger partial charge is 0.121 e. The van der Waals surface area contributed by atoms with Gasteiger partial charge in [0.2, 0.25) is 0 Å². The van der Waals surface area contributed by atoms with Crippen molar-refractivity contribution in [2.45, 2.75) is 38.6 Å². The van der Waals surface area contributed by atoms with Crippen LogP contribution in [0.1, 0.15) is 32.6 Å². The minimum Gasteiger partial charge on any atom is -0.327 e. The Morgan fingerprint density at radius 1 is 1.67 bits per heavy atom. The monoisotopic (exact) mass is 129 g/mol. The molecule has 54 valence electrons. The van der Waals surface area contributed by atoms with Gasteiger partial charge in [0.05, 0.1) is 0 Å². The molecule has 0 aliphatic carbocycles. The van der Waals surface area contributed by atoms with Crippen LogP contribution < -0.4 is 5.73 Å². The topological polar surface area (TPSA) is 43.1 Å². The highest BCUT2D eigenvalue weighted by Crippen LogP contribution is 1.99. The predicted octanol–water partition coefficient (Wildman–Crippen LogP) is 1.09. The lowest BCUT2D eigenvalue weighted by Crippen LogP contribution is -2.19. The molecule has 1 atom stereocenters. The van der Waals surface area contributed by atoms with Crippen LogP contribution in [-0.4, -0.2) is 12.3 Å². The molecule has 2 heteroatoms. The Labute approximate surface area is 56.4 Å². The first-order valence-electron chi connectivity index (χ1n) is 3.50. The first-order chi connectivity index (χ1) is 4.31. The fourth-order valence-electron chi connectivity index (χ4n) is 0.708. The van der Waals surface area contributed by atoms with Crippen molar-refractivity contribution in [2.24, 2.45) is 5.73 Å². The third-order valence-corrected chi connectivity index (χ3v) is 1.33. The molecule has 1 unspecified atom stereocenters. The molecular weight excluding hydrogens is 114 g/mol. The molecule has 0 saturated carbocycles. The second-order valence-corrected chi connectivity index (χ2v) is 2.30. The highest BCUT2D eigenvalue weighted by Gasteiger charge is 1.98. The number of nitrogens with two attached hydrogens (primary N) is 1. The molecular formula is C7H15NO. The van der Waals surface area contributed by atoms with Crippen LogP contribution in [0, 0.1) is 0 Å². The standard InChI is InChI=1S/C7H15NO/c1-2-3-4-7(8)5-6-9/h6-7H,2-5,8H2,1H3. The van der Waals surface area contributed by atoms with Crippen LogP contribution in [0.2, 0.25) is 0 Å². The molecule has 2 N–H and O–H groups in total. The molecule has 0 saturated heterocycles. The largest absolute Gasteiger partial charge is 0.327 e. The summed E-state index contributed by atoms with van der Waals surface area (Å²) in [5, 5.41) is 0.